The van der Waals surface area contributed by atoms with Crippen LogP contribution in [0.3, 0.4) is 0 Å². The SMILES string of the molecule is CC/C=C\C/C=C\C/C=C\C/C=C\C/C=C\C/C=C\C/C=C\C/C=C\C/C=C\C/C=C\CCCCCCCCCCCCC(=O)NC(COC1OC(CO)C(OC2OC(CO)C(O)C(O)C2O)C(O)C1O)C(O)/C=C/CC/C=C/CC/C=C/CCCCCCCCCCCC. The van der Waals surface area contributed by atoms with Gasteiger partial charge in [-0.15, -0.1) is 0 Å². The summed E-state index contributed by atoms with van der Waals surface area (Å²) in [5.74, 6) is -0.263. The highest BCUT2D eigenvalue weighted by Crippen LogP contribution is 2.30. The number of allylic oxidation sites excluding steroid dienone is 25. The van der Waals surface area contributed by atoms with E-state index in [1.807, 2.05) is 6.08 Å². The summed E-state index contributed by atoms with van der Waals surface area (Å²) in [4.78, 5) is 13.3. The number of unbranched alkanes of at least 4 members (excludes halogenated alkanes) is 22. The van der Waals surface area contributed by atoms with Crippen LogP contribution in [0, 0.1) is 0 Å². The van der Waals surface area contributed by atoms with Crippen molar-refractivity contribution in [3.05, 3.63) is 158 Å². The second kappa shape index (κ2) is 63.1. The minimum absolute atomic E-state index is 0.255. The fourth-order valence-corrected chi connectivity index (χ4v) is 11.1. The van der Waals surface area contributed by atoms with Crippen LogP contribution in [0.2, 0.25) is 0 Å². The van der Waals surface area contributed by atoms with E-state index in [4.69, 9.17) is 18.9 Å². The van der Waals surface area contributed by atoms with Crippen molar-refractivity contribution >= 4 is 5.91 Å². The first-order valence-electron chi connectivity index (χ1n) is 37.2. The van der Waals surface area contributed by atoms with E-state index < -0.39 is 86.8 Å². The number of hydrogen-bond donors (Lipinski definition) is 9. The van der Waals surface area contributed by atoms with Gasteiger partial charge >= 0.3 is 0 Å². The molecule has 0 spiro atoms. The van der Waals surface area contributed by atoms with Crippen LogP contribution >= 0.6 is 0 Å². The first-order chi connectivity index (χ1) is 46.6. The first-order valence-corrected chi connectivity index (χ1v) is 37.2. The van der Waals surface area contributed by atoms with Crippen molar-refractivity contribution in [2.75, 3.05) is 19.8 Å². The molecule has 12 unspecified atom stereocenters. The molecule has 540 valence electrons. The summed E-state index contributed by atoms with van der Waals surface area (Å²) in [7, 11) is 0. The summed E-state index contributed by atoms with van der Waals surface area (Å²) in [5.41, 5.74) is 0. The molecule has 0 aromatic heterocycles. The second-order valence-electron chi connectivity index (χ2n) is 25.3. The Balaban J connectivity index is 1.64. The van der Waals surface area contributed by atoms with Gasteiger partial charge in [-0.25, -0.2) is 0 Å². The topological polar surface area (TPSA) is 228 Å². The van der Waals surface area contributed by atoms with Gasteiger partial charge < -0.3 is 65.1 Å². The maximum Gasteiger partial charge on any atom is 0.220 e. The number of aliphatic hydroxyl groups is 8. The molecule has 0 saturated carbocycles. The Morgan fingerprint density at radius 2 is 0.737 bits per heavy atom. The summed E-state index contributed by atoms with van der Waals surface area (Å²) in [6.07, 6.45) is 80.1. The lowest BCUT2D eigenvalue weighted by atomic mass is 9.97. The number of carbonyl (C=O) groups is 1. The molecule has 2 heterocycles. The highest BCUT2D eigenvalue weighted by atomic mass is 16.7. The predicted molar refractivity (Wildman–Crippen MR) is 391 cm³/mol. The van der Waals surface area contributed by atoms with Gasteiger partial charge in [-0.1, -0.05) is 281 Å². The van der Waals surface area contributed by atoms with Crippen molar-refractivity contribution < 1.29 is 64.6 Å². The molecule has 9 N–H and O–H groups in total. The number of hydrogen-bond acceptors (Lipinski definition) is 13. The van der Waals surface area contributed by atoms with E-state index in [2.05, 4.69) is 165 Å². The predicted octanol–water partition coefficient (Wildman–Crippen LogP) is 16.2. The highest BCUT2D eigenvalue weighted by Gasteiger charge is 2.51. The Kier molecular flexibility index (Phi) is 57.6. The van der Waals surface area contributed by atoms with Gasteiger partial charge in [-0.2, -0.15) is 0 Å². The molecule has 1 amide bonds. The van der Waals surface area contributed by atoms with Gasteiger partial charge in [-0.05, 0) is 122 Å². The lowest BCUT2D eigenvalue weighted by Crippen LogP contribution is -2.65. The van der Waals surface area contributed by atoms with E-state index in [0.717, 1.165) is 116 Å². The number of carbonyl (C=O) groups excluding carboxylic acids is 1. The average molecular weight is 1330 g/mol. The van der Waals surface area contributed by atoms with E-state index in [1.54, 1.807) is 6.08 Å². The Bertz CT molecular complexity index is 2210. The largest absolute Gasteiger partial charge is 0.394 e. The number of amides is 1. The Morgan fingerprint density at radius 3 is 1.16 bits per heavy atom. The first kappa shape index (κ1) is 86.7. The lowest BCUT2D eigenvalue weighted by molar-refractivity contribution is -0.359. The molecule has 2 fully saturated rings. The zero-order valence-corrected chi connectivity index (χ0v) is 58.8. The molecule has 2 saturated heterocycles. The summed E-state index contributed by atoms with van der Waals surface area (Å²) >= 11 is 0. The normalized spacial score (nSPS) is 23.3. The number of aliphatic hydroxyl groups excluding tert-OH is 8. The fourth-order valence-electron chi connectivity index (χ4n) is 11.1. The zero-order valence-electron chi connectivity index (χ0n) is 58.8. The van der Waals surface area contributed by atoms with Crippen LogP contribution in [-0.4, -0.2) is 140 Å². The smallest absolute Gasteiger partial charge is 0.220 e. The lowest BCUT2D eigenvalue weighted by Gasteiger charge is -2.46. The van der Waals surface area contributed by atoms with Gasteiger partial charge in [0.05, 0.1) is 32.0 Å². The summed E-state index contributed by atoms with van der Waals surface area (Å²) in [6, 6.07) is -0.952. The van der Waals surface area contributed by atoms with Gasteiger partial charge in [0.25, 0.3) is 0 Å². The van der Waals surface area contributed by atoms with Crippen molar-refractivity contribution in [3.8, 4) is 0 Å². The Hall–Kier alpha value is -4.39. The third-order valence-electron chi connectivity index (χ3n) is 16.9. The van der Waals surface area contributed by atoms with Crippen LogP contribution < -0.4 is 5.32 Å². The minimum Gasteiger partial charge on any atom is -0.394 e. The van der Waals surface area contributed by atoms with Crippen LogP contribution in [-0.2, 0) is 23.7 Å². The molecule has 0 aromatic carbocycles. The van der Waals surface area contributed by atoms with Crippen LogP contribution in [0.5, 0.6) is 0 Å². The maximum absolute atomic E-state index is 13.3. The molecule has 0 aromatic rings. The van der Waals surface area contributed by atoms with Gasteiger partial charge in [0, 0.05) is 6.42 Å². The molecule has 0 radical (unpaired) electrons. The quantitative estimate of drug-likeness (QED) is 0.0204. The molecule has 2 rings (SSSR count). The van der Waals surface area contributed by atoms with Crippen molar-refractivity contribution in [3.63, 3.8) is 0 Å². The zero-order chi connectivity index (χ0) is 68.7. The maximum atomic E-state index is 13.3. The molecule has 2 aliphatic rings. The van der Waals surface area contributed by atoms with Gasteiger partial charge in [-0.3, -0.25) is 4.79 Å². The summed E-state index contributed by atoms with van der Waals surface area (Å²) in [6.45, 7) is 2.65. The standard InChI is InChI=1S/C81H133NO13/c1-3-5-7-9-11-13-15-17-19-21-23-25-26-27-28-29-30-31-32-33-34-35-36-37-38-39-40-41-42-43-44-45-47-49-51-53-55-57-59-61-63-65-73(86)82-69(70(85)64-62-60-58-56-54-52-50-48-46-24-22-20-18-16-14-12-10-8-6-4-2)68-92-80-78(91)76(89)79(72(67-84)94-80)95-81-77(90)75(88)74(87)71(66-83)93-81/h5,7,11,13,17,19,23,25,27-28,30-31,33-34,36-37,39-40,42-43,46,48,54,56,62,64,69-72,74-81,83-85,87-91H,3-4,6,8-10,12,14-16,18,20-22,24,26,29,32,35,38,41,44-45,47,49-53,55,57-61,63,65-68H2,1-2H3,(H,82,86)/b7-5-,13-11-,19-17-,25-23-,28-27-,31-30-,34-33-,37-36-,40-39-,43-42-,48-46+,56-54+,64-62+. The Morgan fingerprint density at radius 1 is 0.389 bits per heavy atom. The number of ether oxygens (including phenoxy) is 4. The molecule has 0 aliphatic carbocycles. The van der Waals surface area contributed by atoms with E-state index in [0.29, 0.717) is 12.8 Å². The van der Waals surface area contributed by atoms with Gasteiger partial charge in [0.1, 0.15) is 48.8 Å². The summed E-state index contributed by atoms with van der Waals surface area (Å²) < 4.78 is 22.8. The van der Waals surface area contributed by atoms with E-state index in [1.165, 1.54) is 103 Å². The van der Waals surface area contributed by atoms with E-state index in [-0.39, 0.29) is 18.9 Å². The highest BCUT2D eigenvalue weighted by molar-refractivity contribution is 5.76. The molecular formula is C81H133NO13. The van der Waals surface area contributed by atoms with Gasteiger partial charge in [0.2, 0.25) is 5.91 Å². The molecule has 0 bridgehead atoms. The third kappa shape index (κ3) is 46.5. The number of nitrogens with one attached hydrogen (secondary N) is 1. The minimum atomic E-state index is -1.80. The molecule has 14 nitrogen and oxygen atoms in total. The van der Waals surface area contributed by atoms with E-state index >= 15 is 0 Å². The molecule has 14 heteroatoms. The Labute approximate surface area is 575 Å². The molecular weight excluding hydrogens is 1190 g/mol. The van der Waals surface area contributed by atoms with Crippen LogP contribution in [0.1, 0.15) is 251 Å². The molecule has 95 heavy (non-hydrogen) atoms. The van der Waals surface area contributed by atoms with Crippen molar-refractivity contribution in [1.82, 2.24) is 5.32 Å². The molecule has 2 aliphatic heterocycles. The monoisotopic (exact) mass is 1330 g/mol. The molecule has 12 atom stereocenters. The summed E-state index contributed by atoms with van der Waals surface area (Å²) in [5, 5.41) is 87.4. The van der Waals surface area contributed by atoms with E-state index in [9.17, 15) is 45.6 Å². The van der Waals surface area contributed by atoms with Crippen molar-refractivity contribution in [2.24, 2.45) is 0 Å². The fraction of sp³-hybridized carbons (Fsp3) is 0.667. The third-order valence-corrected chi connectivity index (χ3v) is 16.9. The van der Waals surface area contributed by atoms with Crippen LogP contribution in [0.15, 0.2) is 158 Å². The van der Waals surface area contributed by atoms with Gasteiger partial charge in [0.15, 0.2) is 12.6 Å². The average Bonchev–Trinajstić information content (AvgIpc) is 0.897. The van der Waals surface area contributed by atoms with Crippen molar-refractivity contribution in [1.29, 1.82) is 0 Å². The van der Waals surface area contributed by atoms with Crippen LogP contribution in [0.4, 0.5) is 0 Å². The van der Waals surface area contributed by atoms with Crippen molar-refractivity contribution in [2.45, 2.75) is 325 Å². The second-order valence-corrected chi connectivity index (χ2v) is 25.3. The number of rotatable bonds is 59. The van der Waals surface area contributed by atoms with Crippen LogP contribution in [0.25, 0.3) is 0 Å².